The second-order valence-electron chi connectivity index (χ2n) is 17.0. The number of allylic oxidation sites excluding steroid dienone is 1. The summed E-state index contributed by atoms with van der Waals surface area (Å²) in [6.45, 7) is 7.36. The molecule has 2 saturated carbocycles. The number of rotatable bonds is 25. The van der Waals surface area contributed by atoms with E-state index in [2.05, 4.69) is 18.0 Å². The molecule has 1 heterocycles. The summed E-state index contributed by atoms with van der Waals surface area (Å²) in [5.41, 5.74) is 3.45. The average Bonchev–Trinajstić information content (AvgIpc) is 3.82. The van der Waals surface area contributed by atoms with Crippen LogP contribution in [0.5, 0.6) is 11.5 Å². The van der Waals surface area contributed by atoms with Crippen molar-refractivity contribution in [3.8, 4) is 11.5 Å². The first-order valence-corrected chi connectivity index (χ1v) is 23.0. The number of ether oxygens (including phenoxy) is 4. The molecule has 2 amide bonds. The molecule has 0 radical (unpaired) electrons. The van der Waals surface area contributed by atoms with Gasteiger partial charge in [0.1, 0.15) is 24.1 Å². The first-order valence-electron chi connectivity index (χ1n) is 23.0. The molecule has 0 bridgehead atoms. The average molecular weight is 860 g/mol. The van der Waals surface area contributed by atoms with Crippen molar-refractivity contribution >= 4 is 17.7 Å². The number of nitrogens with one attached hydrogen (secondary N) is 1. The monoisotopic (exact) mass is 859 g/mol. The lowest BCUT2D eigenvalue weighted by Gasteiger charge is -2.60. The van der Waals surface area contributed by atoms with Crippen molar-refractivity contribution in [3.05, 3.63) is 84.0 Å². The van der Waals surface area contributed by atoms with Crippen molar-refractivity contribution in [1.29, 1.82) is 0 Å². The Labute approximate surface area is 367 Å². The number of nitrogens with zero attached hydrogens (tertiary/aromatic N) is 2. The maximum Gasteiger partial charge on any atom is 0.412 e. The molecule has 4 N–H and O–H groups in total. The molecule has 0 unspecified atom stereocenters. The molecule has 62 heavy (non-hydrogen) atoms. The number of carbonyl (C=O) groups is 2. The molecule has 1 aliphatic heterocycles. The number of hydrogen-bond donors (Lipinski definition) is 4. The van der Waals surface area contributed by atoms with E-state index in [1.165, 1.54) is 12.8 Å². The smallest absolute Gasteiger partial charge is 0.412 e. The molecule has 3 aliphatic carbocycles. The highest BCUT2D eigenvalue weighted by Gasteiger charge is 2.65. The number of aliphatic hydroxyl groups is 3. The lowest BCUT2D eigenvalue weighted by atomic mass is 9.55. The molecule has 340 valence electrons. The molecule has 0 aromatic heterocycles. The third kappa shape index (κ3) is 11.6. The van der Waals surface area contributed by atoms with Crippen LogP contribution in [0.15, 0.2) is 78.0 Å². The van der Waals surface area contributed by atoms with Crippen LogP contribution in [0, 0.1) is 23.7 Å². The van der Waals surface area contributed by atoms with Gasteiger partial charge in [-0.3, -0.25) is 4.79 Å². The Morgan fingerprint density at radius 2 is 1.76 bits per heavy atom. The topological polar surface area (TPSA) is 169 Å². The van der Waals surface area contributed by atoms with Crippen LogP contribution in [0.4, 0.5) is 4.79 Å². The third-order valence-corrected chi connectivity index (χ3v) is 13.1. The van der Waals surface area contributed by atoms with Gasteiger partial charge in [-0.05, 0) is 86.1 Å². The molecule has 0 spiro atoms. The molecule has 13 nitrogen and oxygen atoms in total. The Hall–Kier alpha value is -4.27. The largest absolute Gasteiger partial charge is 0.459 e. The fraction of sp³-hybridized carbons (Fsp3) is 0.612. The van der Waals surface area contributed by atoms with E-state index in [9.17, 15) is 24.9 Å². The summed E-state index contributed by atoms with van der Waals surface area (Å²) in [7, 11) is 0. The molecule has 6 rings (SSSR count). The van der Waals surface area contributed by atoms with Gasteiger partial charge in [0.05, 0.1) is 38.1 Å². The zero-order valence-corrected chi connectivity index (χ0v) is 36.6. The Balaban J connectivity index is 1.49. The van der Waals surface area contributed by atoms with Gasteiger partial charge in [0.15, 0.2) is 0 Å². The third-order valence-electron chi connectivity index (χ3n) is 13.1. The van der Waals surface area contributed by atoms with Gasteiger partial charge in [0.2, 0.25) is 11.7 Å². The summed E-state index contributed by atoms with van der Waals surface area (Å²) >= 11 is 0. The molecule has 4 aliphatic rings. The zero-order valence-electron chi connectivity index (χ0n) is 36.6. The van der Waals surface area contributed by atoms with Crippen LogP contribution in [-0.4, -0.2) is 103 Å². The van der Waals surface area contributed by atoms with E-state index in [0.717, 1.165) is 67.4 Å². The highest BCUT2D eigenvalue weighted by Crippen LogP contribution is 2.62. The Kier molecular flexibility index (Phi) is 18.3. The van der Waals surface area contributed by atoms with Gasteiger partial charge >= 0.3 is 6.09 Å². The van der Waals surface area contributed by atoms with Gasteiger partial charge in [-0.2, -0.15) is 0 Å². The summed E-state index contributed by atoms with van der Waals surface area (Å²) in [6, 6.07) is 14.4. The fourth-order valence-corrected chi connectivity index (χ4v) is 10.3. The second-order valence-corrected chi connectivity index (χ2v) is 17.0. The molecule has 2 aromatic rings. The minimum absolute atomic E-state index is 0.0111. The van der Waals surface area contributed by atoms with Gasteiger partial charge in [-0.15, -0.1) is 6.58 Å². The summed E-state index contributed by atoms with van der Waals surface area (Å²) in [5.74, 6) is -0.695. The lowest BCUT2D eigenvalue weighted by molar-refractivity contribution is -0.258. The highest BCUT2D eigenvalue weighted by atomic mass is 16.7. The highest BCUT2D eigenvalue weighted by molar-refractivity contribution is 6.03. The number of aliphatic hydroxyl groups excluding tert-OH is 3. The SMILES string of the molecule is C=CCO[C@@]12Oc3ccc(OC(=O)NCc4ccccc4)cc3[C@H]3[C@H](CCCCO)[C@@H](CCCCO)C=C(C(=NOCC)C[C@@H]1N(CCOCCO)C(=O)CCC1CCCC1)[C@H]32. The second kappa shape index (κ2) is 24.0. The van der Waals surface area contributed by atoms with Crippen molar-refractivity contribution in [2.45, 2.75) is 115 Å². The van der Waals surface area contributed by atoms with E-state index in [1.807, 2.05) is 54.3 Å². The number of carbonyl (C=O) groups excluding carboxylic acids is 2. The number of fused-ring (bicyclic) bond motifs is 2. The Bertz CT molecular complexity index is 1800. The van der Waals surface area contributed by atoms with Gasteiger partial charge in [0.25, 0.3) is 0 Å². The fourth-order valence-electron chi connectivity index (χ4n) is 10.3. The van der Waals surface area contributed by atoms with E-state index in [-0.39, 0.29) is 76.3 Å². The summed E-state index contributed by atoms with van der Waals surface area (Å²) in [4.78, 5) is 35.8. The van der Waals surface area contributed by atoms with Gasteiger partial charge in [-0.1, -0.05) is 86.2 Å². The predicted molar refractivity (Wildman–Crippen MR) is 237 cm³/mol. The van der Waals surface area contributed by atoms with E-state index in [4.69, 9.17) is 28.9 Å². The summed E-state index contributed by atoms with van der Waals surface area (Å²) in [5, 5.41) is 37.1. The number of benzene rings is 2. The van der Waals surface area contributed by atoms with Crippen LogP contribution in [-0.2, 0) is 25.7 Å². The molecule has 0 saturated heterocycles. The van der Waals surface area contributed by atoms with E-state index >= 15 is 0 Å². The molecular weight excluding hydrogens is 791 g/mol. The van der Waals surface area contributed by atoms with Crippen molar-refractivity contribution < 1.29 is 48.7 Å². The van der Waals surface area contributed by atoms with Gasteiger partial charge < -0.3 is 49.3 Å². The number of hydrogen-bond acceptors (Lipinski definition) is 11. The van der Waals surface area contributed by atoms with Crippen LogP contribution >= 0.6 is 0 Å². The van der Waals surface area contributed by atoms with E-state index < -0.39 is 23.8 Å². The Morgan fingerprint density at radius 3 is 2.48 bits per heavy atom. The minimum atomic E-state index is -1.41. The molecular formula is C49H69N3O10. The number of amides is 2. The summed E-state index contributed by atoms with van der Waals surface area (Å²) < 4.78 is 26.2. The maximum atomic E-state index is 14.8. The number of unbranched alkanes of at least 4 members (excludes halogenated alkanes) is 2. The van der Waals surface area contributed by atoms with E-state index in [0.29, 0.717) is 49.8 Å². The minimum Gasteiger partial charge on any atom is -0.459 e. The molecule has 13 heteroatoms. The lowest BCUT2D eigenvalue weighted by Crippen LogP contribution is -2.70. The normalized spacial score (nSPS) is 24.7. The van der Waals surface area contributed by atoms with E-state index in [1.54, 1.807) is 12.1 Å². The van der Waals surface area contributed by atoms with Crippen molar-refractivity contribution in [2.24, 2.45) is 28.8 Å². The molecule has 2 aromatic carbocycles. The number of oxime groups is 1. The van der Waals surface area contributed by atoms with Crippen molar-refractivity contribution in [3.63, 3.8) is 0 Å². The first kappa shape index (κ1) is 47.2. The first-order chi connectivity index (χ1) is 30.4. The summed E-state index contributed by atoms with van der Waals surface area (Å²) in [6.07, 6.45) is 14.0. The molecule has 2 fully saturated rings. The van der Waals surface area contributed by atoms with Gasteiger partial charge in [0, 0.05) is 50.6 Å². The van der Waals surface area contributed by atoms with Crippen LogP contribution in [0.3, 0.4) is 0 Å². The quantitative estimate of drug-likeness (QED) is 0.0448. The predicted octanol–water partition coefficient (Wildman–Crippen LogP) is 7.44. The standard InChI is InChI=1S/C49H69N3O10/c1-3-28-59-49-44(52(24-29-58-30-27-55)45(56)23-20-35-14-8-9-15-35)33-42(51-60-4-2)40-31-37(18-10-12-25-53)39(19-11-13-26-54)46(47(40)49)41-32-38(21-22-43(41)62-49)61-48(57)50-34-36-16-6-5-7-17-36/h3,5-7,16-17,21-22,31-32,35,37,39,44,46-47,53-55H,1,4,8-15,18-20,23-30,33-34H2,2H3,(H,50,57)/t37-,39+,44-,46+,47+,49+/m0/s1. The van der Waals surface area contributed by atoms with Gasteiger partial charge in [-0.25, -0.2) is 4.79 Å². The maximum absolute atomic E-state index is 14.8. The van der Waals surface area contributed by atoms with Crippen LogP contribution in [0.25, 0.3) is 0 Å². The Morgan fingerprint density at radius 1 is 0.984 bits per heavy atom. The molecule has 6 atom stereocenters. The zero-order chi connectivity index (χ0) is 43.7. The van der Waals surface area contributed by atoms with Crippen LogP contribution < -0.4 is 14.8 Å². The van der Waals surface area contributed by atoms with Crippen molar-refractivity contribution in [1.82, 2.24) is 10.2 Å². The van der Waals surface area contributed by atoms with Crippen LogP contribution in [0.1, 0.15) is 107 Å². The van der Waals surface area contributed by atoms with Crippen molar-refractivity contribution in [2.75, 3.05) is 52.8 Å². The van der Waals surface area contributed by atoms with Crippen LogP contribution in [0.2, 0.25) is 0 Å².